The summed E-state index contributed by atoms with van der Waals surface area (Å²) < 4.78 is 19.0. The van der Waals surface area contributed by atoms with Crippen LogP contribution in [-0.4, -0.2) is 39.9 Å². The number of amidine groups is 1. The predicted molar refractivity (Wildman–Crippen MR) is 115 cm³/mol. The van der Waals surface area contributed by atoms with Gasteiger partial charge in [0.1, 0.15) is 16.9 Å². The third-order valence-electron chi connectivity index (χ3n) is 4.61. The van der Waals surface area contributed by atoms with Crippen molar-refractivity contribution in [1.82, 2.24) is 4.90 Å². The Morgan fingerprint density at radius 3 is 2.52 bits per heavy atom. The number of benzene rings is 2. The second-order valence-corrected chi connectivity index (χ2v) is 8.52. The molecule has 10 heteroatoms. The standard InChI is InChI=1S/C19H13Cl3FN3O2S/c1-28-10-4-2-9(3-5-10)17-16(22)18(27)26(17)19-25-24-15(8-29-19)11-6-14(23)13(21)7-12(11)20/h2-7,16-17H,8H2,1H3. The van der Waals surface area contributed by atoms with Gasteiger partial charge in [0.15, 0.2) is 5.17 Å². The number of halogens is 4. The van der Waals surface area contributed by atoms with Gasteiger partial charge in [-0.05, 0) is 29.8 Å². The summed E-state index contributed by atoms with van der Waals surface area (Å²) in [6.07, 6.45) is 0. The SMILES string of the molecule is COc1ccc(C2C(Cl)C(=O)N2C2=NN=C(c3cc(F)c(Cl)cc3Cl)CS2)cc1. The number of hydrogen-bond acceptors (Lipinski definition) is 5. The number of ether oxygens (including phenoxy) is 1. The summed E-state index contributed by atoms with van der Waals surface area (Å²) in [5.74, 6) is 0.248. The van der Waals surface area contributed by atoms with Crippen molar-refractivity contribution in [3.8, 4) is 5.75 Å². The Labute approximate surface area is 185 Å². The Morgan fingerprint density at radius 1 is 1.17 bits per heavy atom. The molecule has 150 valence electrons. The van der Waals surface area contributed by atoms with Crippen LogP contribution in [-0.2, 0) is 4.79 Å². The molecule has 29 heavy (non-hydrogen) atoms. The largest absolute Gasteiger partial charge is 0.497 e. The molecule has 0 aliphatic carbocycles. The first-order valence-electron chi connectivity index (χ1n) is 8.44. The van der Waals surface area contributed by atoms with E-state index in [-0.39, 0.29) is 22.0 Å². The third-order valence-corrected chi connectivity index (χ3v) is 6.59. The molecule has 2 atom stereocenters. The predicted octanol–water partition coefficient (Wildman–Crippen LogP) is 5.14. The number of carbonyl (C=O) groups is 1. The van der Waals surface area contributed by atoms with E-state index >= 15 is 0 Å². The maximum Gasteiger partial charge on any atom is 0.249 e. The average molecular weight is 473 g/mol. The lowest BCUT2D eigenvalue weighted by atomic mass is 9.94. The zero-order chi connectivity index (χ0) is 20.7. The van der Waals surface area contributed by atoms with Crippen LogP contribution in [0.3, 0.4) is 0 Å². The number of thioether (sulfide) groups is 1. The molecule has 2 aliphatic heterocycles. The topological polar surface area (TPSA) is 54.3 Å². The van der Waals surface area contributed by atoms with Crippen LogP contribution in [0.15, 0.2) is 46.6 Å². The van der Waals surface area contributed by atoms with Crippen molar-refractivity contribution in [2.45, 2.75) is 11.4 Å². The maximum atomic E-state index is 13.8. The highest BCUT2D eigenvalue weighted by Gasteiger charge is 2.50. The van der Waals surface area contributed by atoms with Gasteiger partial charge in [-0.25, -0.2) is 4.39 Å². The van der Waals surface area contributed by atoms with Gasteiger partial charge in [-0.15, -0.1) is 16.7 Å². The Morgan fingerprint density at radius 2 is 1.90 bits per heavy atom. The summed E-state index contributed by atoms with van der Waals surface area (Å²) >= 11 is 19.5. The van der Waals surface area contributed by atoms with E-state index in [0.29, 0.717) is 27.9 Å². The van der Waals surface area contributed by atoms with Gasteiger partial charge in [0.05, 0.1) is 28.9 Å². The molecule has 2 aromatic carbocycles. The molecule has 0 radical (unpaired) electrons. The van der Waals surface area contributed by atoms with Crippen LogP contribution in [0.4, 0.5) is 4.39 Å². The highest BCUT2D eigenvalue weighted by molar-refractivity contribution is 8.14. The van der Waals surface area contributed by atoms with E-state index in [1.807, 2.05) is 24.3 Å². The summed E-state index contributed by atoms with van der Waals surface area (Å²) in [6.45, 7) is 0. The number of rotatable bonds is 3. The van der Waals surface area contributed by atoms with E-state index in [0.717, 1.165) is 5.56 Å². The lowest BCUT2D eigenvalue weighted by molar-refractivity contribution is -0.138. The van der Waals surface area contributed by atoms with Gasteiger partial charge < -0.3 is 4.74 Å². The molecule has 0 saturated carbocycles. The molecule has 0 aromatic heterocycles. The van der Waals surface area contributed by atoms with Crippen LogP contribution < -0.4 is 4.74 Å². The number of carbonyl (C=O) groups excluding carboxylic acids is 1. The van der Waals surface area contributed by atoms with Gasteiger partial charge in [-0.3, -0.25) is 9.69 Å². The average Bonchev–Trinajstić information content (AvgIpc) is 2.74. The highest BCUT2D eigenvalue weighted by Crippen LogP contribution is 2.42. The van der Waals surface area contributed by atoms with Gasteiger partial charge in [0.25, 0.3) is 0 Å². The summed E-state index contributed by atoms with van der Waals surface area (Å²) in [4.78, 5) is 13.9. The Balaban J connectivity index is 1.61. The summed E-state index contributed by atoms with van der Waals surface area (Å²) in [7, 11) is 1.58. The number of methoxy groups -OCH3 is 1. The zero-order valence-corrected chi connectivity index (χ0v) is 18.0. The van der Waals surface area contributed by atoms with Crippen molar-refractivity contribution >= 4 is 63.4 Å². The number of β-lactam (4-membered cyclic amide) rings is 1. The number of amides is 1. The van der Waals surface area contributed by atoms with Crippen LogP contribution in [0.25, 0.3) is 0 Å². The van der Waals surface area contributed by atoms with Crippen molar-refractivity contribution in [3.63, 3.8) is 0 Å². The third kappa shape index (κ3) is 3.72. The van der Waals surface area contributed by atoms with E-state index in [4.69, 9.17) is 39.5 Å². The maximum absolute atomic E-state index is 13.8. The zero-order valence-electron chi connectivity index (χ0n) is 14.9. The first-order chi connectivity index (χ1) is 13.9. The molecule has 2 aliphatic rings. The molecule has 4 rings (SSSR count). The van der Waals surface area contributed by atoms with Gasteiger partial charge >= 0.3 is 0 Å². The van der Waals surface area contributed by atoms with Crippen LogP contribution >= 0.6 is 46.6 Å². The van der Waals surface area contributed by atoms with Crippen LogP contribution in [0, 0.1) is 5.82 Å². The molecule has 1 amide bonds. The molecule has 0 spiro atoms. The lowest BCUT2D eigenvalue weighted by Gasteiger charge is -2.44. The molecular weight excluding hydrogens is 460 g/mol. The first kappa shape index (κ1) is 20.5. The van der Waals surface area contributed by atoms with Crippen LogP contribution in [0.2, 0.25) is 10.0 Å². The monoisotopic (exact) mass is 471 g/mol. The molecule has 0 N–H and O–H groups in total. The van der Waals surface area contributed by atoms with Crippen molar-refractivity contribution in [3.05, 3.63) is 63.4 Å². The quantitative estimate of drug-likeness (QED) is 0.353. The number of likely N-dealkylation sites (tertiary alicyclic amines) is 1. The number of hydrogen-bond donors (Lipinski definition) is 0. The van der Waals surface area contributed by atoms with Crippen molar-refractivity contribution in [2.75, 3.05) is 12.9 Å². The number of nitrogens with zero attached hydrogens (tertiary/aromatic N) is 3. The molecule has 2 unspecified atom stereocenters. The van der Waals surface area contributed by atoms with E-state index in [1.54, 1.807) is 7.11 Å². The van der Waals surface area contributed by atoms with Crippen LogP contribution in [0.5, 0.6) is 5.75 Å². The minimum atomic E-state index is -0.683. The molecule has 1 saturated heterocycles. The fourth-order valence-electron chi connectivity index (χ4n) is 3.07. The first-order valence-corrected chi connectivity index (χ1v) is 10.6. The Bertz CT molecular complexity index is 1050. The van der Waals surface area contributed by atoms with Gasteiger partial charge in [-0.1, -0.05) is 47.1 Å². The molecular formula is C19H13Cl3FN3O2S. The van der Waals surface area contributed by atoms with Crippen molar-refractivity contribution < 1.29 is 13.9 Å². The minimum absolute atomic E-state index is 0.0614. The van der Waals surface area contributed by atoms with Gasteiger partial charge in [-0.2, -0.15) is 5.10 Å². The number of alkyl halides is 1. The van der Waals surface area contributed by atoms with Gasteiger partial charge in [0, 0.05) is 11.3 Å². The molecule has 2 heterocycles. The highest BCUT2D eigenvalue weighted by atomic mass is 35.5. The smallest absolute Gasteiger partial charge is 0.249 e. The van der Waals surface area contributed by atoms with Crippen molar-refractivity contribution in [2.24, 2.45) is 10.2 Å². The molecule has 0 bridgehead atoms. The fourth-order valence-corrected chi connectivity index (χ4v) is 4.85. The summed E-state index contributed by atoms with van der Waals surface area (Å²) in [5.41, 5.74) is 1.78. The lowest BCUT2D eigenvalue weighted by Crippen LogP contribution is -2.58. The van der Waals surface area contributed by atoms with Gasteiger partial charge in [0.2, 0.25) is 5.91 Å². The minimum Gasteiger partial charge on any atom is -0.497 e. The second kappa shape index (κ2) is 8.14. The van der Waals surface area contributed by atoms with Crippen molar-refractivity contribution in [1.29, 1.82) is 0 Å². The second-order valence-electron chi connectivity index (χ2n) is 6.29. The Kier molecular flexibility index (Phi) is 5.75. The molecule has 1 fully saturated rings. The van der Waals surface area contributed by atoms with Crippen LogP contribution in [0.1, 0.15) is 17.2 Å². The van der Waals surface area contributed by atoms with E-state index in [1.165, 1.54) is 28.8 Å². The fraction of sp³-hybridized carbons (Fsp3) is 0.211. The normalized spacial score (nSPS) is 21.4. The molecule has 5 nitrogen and oxygen atoms in total. The summed E-state index contributed by atoms with van der Waals surface area (Å²) in [5, 5.41) is 8.31. The van der Waals surface area contributed by atoms with E-state index < -0.39 is 11.2 Å². The Hall–Kier alpha value is -1.80. The summed E-state index contributed by atoms with van der Waals surface area (Å²) in [6, 6.07) is 9.54. The molecule has 2 aromatic rings. The van der Waals surface area contributed by atoms with E-state index in [2.05, 4.69) is 10.2 Å². The van der Waals surface area contributed by atoms with E-state index in [9.17, 15) is 9.18 Å².